The summed E-state index contributed by atoms with van der Waals surface area (Å²) in [5.41, 5.74) is 8.89. The van der Waals surface area contributed by atoms with E-state index in [1.54, 1.807) is 11.3 Å². The standard InChI is InChI=1S/C45H27N3OS/c1-3-11-28(12-4-1)29-19-21-30(22-20-29)33-25-26-37(41-36-16-7-9-17-38(36)49-42(33)41)45-47-43(31-13-5-2-6-14-31)46-44(48-45)32-23-24-35-34-15-8-10-18-39(34)50-40(35)27-32/h1-27H. The molecular weight excluding hydrogens is 631 g/mol. The fourth-order valence-corrected chi connectivity index (χ4v) is 8.07. The number of furan rings is 1. The van der Waals surface area contributed by atoms with E-state index in [9.17, 15) is 0 Å². The highest BCUT2D eigenvalue weighted by molar-refractivity contribution is 7.25. The molecule has 10 rings (SSSR count). The van der Waals surface area contributed by atoms with Crippen molar-refractivity contribution in [3.05, 3.63) is 164 Å². The summed E-state index contributed by atoms with van der Waals surface area (Å²) in [5, 5.41) is 4.52. The van der Waals surface area contributed by atoms with Crippen LogP contribution in [0.2, 0.25) is 0 Å². The number of benzene rings is 7. The van der Waals surface area contributed by atoms with Gasteiger partial charge in [-0.2, -0.15) is 0 Å². The number of rotatable bonds is 5. The second-order valence-corrected chi connectivity index (χ2v) is 13.5. The Balaban J connectivity index is 1.17. The third-order valence-corrected chi connectivity index (χ3v) is 10.5. The largest absolute Gasteiger partial charge is 0.455 e. The smallest absolute Gasteiger partial charge is 0.164 e. The van der Waals surface area contributed by atoms with Crippen molar-refractivity contribution >= 4 is 53.4 Å². The molecule has 0 saturated heterocycles. The molecule has 0 fully saturated rings. The van der Waals surface area contributed by atoms with E-state index in [1.165, 1.54) is 31.3 Å². The first-order chi connectivity index (χ1) is 24.8. The highest BCUT2D eigenvalue weighted by Gasteiger charge is 2.21. The lowest BCUT2D eigenvalue weighted by Crippen LogP contribution is -2.00. The van der Waals surface area contributed by atoms with Gasteiger partial charge in [0.1, 0.15) is 11.2 Å². The van der Waals surface area contributed by atoms with Crippen LogP contribution in [0.1, 0.15) is 0 Å². The van der Waals surface area contributed by atoms with E-state index in [2.05, 4.69) is 115 Å². The first-order valence-electron chi connectivity index (χ1n) is 16.6. The highest BCUT2D eigenvalue weighted by Crippen LogP contribution is 2.42. The lowest BCUT2D eigenvalue weighted by molar-refractivity contribution is 0.670. The monoisotopic (exact) mass is 657 g/mol. The number of aromatic nitrogens is 3. The van der Waals surface area contributed by atoms with E-state index in [1.807, 2.05) is 48.5 Å². The molecule has 7 aromatic carbocycles. The van der Waals surface area contributed by atoms with Crippen molar-refractivity contribution in [2.75, 3.05) is 0 Å². The number of hydrogen-bond acceptors (Lipinski definition) is 5. The molecular formula is C45H27N3OS. The minimum atomic E-state index is 0.604. The molecule has 0 aliphatic heterocycles. The Morgan fingerprint density at radius 2 is 0.940 bits per heavy atom. The molecule has 0 spiro atoms. The zero-order valence-corrected chi connectivity index (χ0v) is 27.6. The number of thiophene rings is 1. The van der Waals surface area contributed by atoms with Crippen LogP contribution in [0.15, 0.2) is 168 Å². The van der Waals surface area contributed by atoms with Crippen LogP contribution in [-0.4, -0.2) is 15.0 Å². The van der Waals surface area contributed by atoms with Gasteiger partial charge in [0.05, 0.1) is 0 Å². The van der Waals surface area contributed by atoms with Gasteiger partial charge < -0.3 is 4.42 Å². The molecule has 0 bridgehead atoms. The van der Waals surface area contributed by atoms with Crippen LogP contribution in [0.5, 0.6) is 0 Å². The van der Waals surface area contributed by atoms with Crippen LogP contribution in [0.3, 0.4) is 0 Å². The summed E-state index contributed by atoms with van der Waals surface area (Å²) in [6.45, 7) is 0. The van der Waals surface area contributed by atoms with Gasteiger partial charge in [0, 0.05) is 53.2 Å². The molecule has 10 aromatic rings. The van der Waals surface area contributed by atoms with Gasteiger partial charge in [0.25, 0.3) is 0 Å². The van der Waals surface area contributed by atoms with Crippen molar-refractivity contribution < 1.29 is 4.42 Å². The first kappa shape index (κ1) is 28.6. The topological polar surface area (TPSA) is 51.8 Å². The van der Waals surface area contributed by atoms with Crippen LogP contribution >= 0.6 is 11.3 Å². The second kappa shape index (κ2) is 11.6. The summed E-state index contributed by atoms with van der Waals surface area (Å²) < 4.78 is 9.13. The predicted octanol–water partition coefficient (Wildman–Crippen LogP) is 12.5. The Morgan fingerprint density at radius 1 is 0.380 bits per heavy atom. The lowest BCUT2D eigenvalue weighted by atomic mass is 9.96. The molecule has 0 atom stereocenters. The summed E-state index contributed by atoms with van der Waals surface area (Å²) in [6.07, 6.45) is 0. The minimum absolute atomic E-state index is 0.604. The maximum Gasteiger partial charge on any atom is 0.164 e. The normalized spacial score (nSPS) is 11.6. The zero-order valence-electron chi connectivity index (χ0n) is 26.7. The third kappa shape index (κ3) is 4.79. The number of fused-ring (bicyclic) bond motifs is 6. The Morgan fingerprint density at radius 3 is 1.74 bits per heavy atom. The van der Waals surface area contributed by atoms with E-state index < -0.39 is 0 Å². The number of hydrogen-bond donors (Lipinski definition) is 0. The van der Waals surface area contributed by atoms with Gasteiger partial charge in [-0.3, -0.25) is 0 Å². The third-order valence-electron chi connectivity index (χ3n) is 9.37. The molecule has 4 nitrogen and oxygen atoms in total. The second-order valence-electron chi connectivity index (χ2n) is 12.4. The van der Waals surface area contributed by atoms with Crippen molar-refractivity contribution in [1.29, 1.82) is 0 Å². The van der Waals surface area contributed by atoms with Crippen molar-refractivity contribution in [3.63, 3.8) is 0 Å². The summed E-state index contributed by atoms with van der Waals surface area (Å²) in [4.78, 5) is 15.4. The minimum Gasteiger partial charge on any atom is -0.455 e. The summed E-state index contributed by atoms with van der Waals surface area (Å²) in [7, 11) is 0. The number of nitrogens with zero attached hydrogens (tertiary/aromatic N) is 3. The molecule has 50 heavy (non-hydrogen) atoms. The fourth-order valence-electron chi connectivity index (χ4n) is 6.92. The molecule has 0 saturated carbocycles. The Labute approximate surface area is 292 Å². The van der Waals surface area contributed by atoms with Crippen LogP contribution in [-0.2, 0) is 0 Å². The molecule has 0 radical (unpaired) electrons. The Kier molecular flexibility index (Phi) is 6.64. The van der Waals surface area contributed by atoms with E-state index in [-0.39, 0.29) is 0 Å². The van der Waals surface area contributed by atoms with Gasteiger partial charge in [-0.05, 0) is 47.0 Å². The maximum atomic E-state index is 6.65. The summed E-state index contributed by atoms with van der Waals surface area (Å²) in [6, 6.07) is 56.8. The molecule has 0 unspecified atom stereocenters. The Bertz CT molecular complexity index is 2860. The average Bonchev–Trinajstić information content (AvgIpc) is 3.77. The molecule has 0 aliphatic rings. The zero-order chi connectivity index (χ0) is 33.0. The van der Waals surface area contributed by atoms with Crippen molar-refractivity contribution in [1.82, 2.24) is 15.0 Å². The van der Waals surface area contributed by atoms with Crippen molar-refractivity contribution in [2.24, 2.45) is 0 Å². The van der Waals surface area contributed by atoms with Gasteiger partial charge in [0.15, 0.2) is 17.5 Å². The van der Waals surface area contributed by atoms with Gasteiger partial charge >= 0.3 is 0 Å². The predicted molar refractivity (Wildman–Crippen MR) is 207 cm³/mol. The van der Waals surface area contributed by atoms with Gasteiger partial charge in [-0.15, -0.1) is 11.3 Å². The van der Waals surface area contributed by atoms with E-state index in [4.69, 9.17) is 19.4 Å². The van der Waals surface area contributed by atoms with Crippen molar-refractivity contribution in [2.45, 2.75) is 0 Å². The summed E-state index contributed by atoms with van der Waals surface area (Å²) in [5.74, 6) is 1.87. The van der Waals surface area contributed by atoms with Gasteiger partial charge in [0.2, 0.25) is 0 Å². The molecule has 3 aromatic heterocycles. The van der Waals surface area contributed by atoms with Crippen LogP contribution in [0, 0.1) is 0 Å². The van der Waals surface area contributed by atoms with E-state index in [0.29, 0.717) is 17.5 Å². The van der Waals surface area contributed by atoms with Crippen LogP contribution in [0.4, 0.5) is 0 Å². The Hall–Kier alpha value is -6.43. The summed E-state index contributed by atoms with van der Waals surface area (Å²) >= 11 is 1.79. The highest BCUT2D eigenvalue weighted by atomic mass is 32.1. The molecule has 234 valence electrons. The van der Waals surface area contributed by atoms with Crippen LogP contribution < -0.4 is 0 Å². The molecule has 0 amide bonds. The van der Waals surface area contributed by atoms with E-state index in [0.717, 1.165) is 49.8 Å². The first-order valence-corrected chi connectivity index (χ1v) is 17.4. The average molecular weight is 658 g/mol. The number of para-hydroxylation sites is 1. The fraction of sp³-hybridized carbons (Fsp3) is 0. The van der Waals surface area contributed by atoms with Gasteiger partial charge in [-0.25, -0.2) is 15.0 Å². The molecule has 0 aliphatic carbocycles. The van der Waals surface area contributed by atoms with Crippen LogP contribution in [0.25, 0.3) is 98.5 Å². The van der Waals surface area contributed by atoms with Crippen molar-refractivity contribution in [3.8, 4) is 56.4 Å². The lowest BCUT2D eigenvalue weighted by Gasteiger charge is -2.11. The SMILES string of the molecule is c1ccc(-c2ccc(-c3ccc(-c4nc(-c5ccccc5)nc(-c5ccc6c(c5)sc5ccccc56)n4)c4c3oc3ccccc34)cc2)cc1. The quantitative estimate of drug-likeness (QED) is 0.185. The maximum absolute atomic E-state index is 6.65. The molecule has 5 heteroatoms. The molecule has 3 heterocycles. The van der Waals surface area contributed by atoms with Gasteiger partial charge in [-0.1, -0.05) is 133 Å². The van der Waals surface area contributed by atoms with E-state index >= 15 is 0 Å². The molecule has 0 N–H and O–H groups in total.